The molecule has 0 atom stereocenters. The molecule has 2 rings (SSSR count). The highest BCUT2D eigenvalue weighted by Crippen LogP contribution is 2.35. The van der Waals surface area contributed by atoms with Crippen LogP contribution in [0.1, 0.15) is 6.92 Å². The maximum absolute atomic E-state index is 5.98. The van der Waals surface area contributed by atoms with Crippen LogP contribution < -0.4 is 15.2 Å². The molecule has 0 saturated heterocycles. The van der Waals surface area contributed by atoms with Gasteiger partial charge in [0.05, 0.1) is 19.9 Å². The molecule has 1 aromatic heterocycles. The molecule has 0 spiro atoms. The number of benzene rings is 1. The number of nitrogen functional groups attached to an aromatic ring is 1. The Hall–Kier alpha value is -2.17. The van der Waals surface area contributed by atoms with E-state index in [0.717, 1.165) is 23.6 Å². The van der Waals surface area contributed by atoms with Gasteiger partial charge in [-0.25, -0.2) is 0 Å². The van der Waals surface area contributed by atoms with Crippen LogP contribution in [0.2, 0.25) is 0 Å². The van der Waals surface area contributed by atoms with E-state index in [1.807, 2.05) is 31.3 Å². The number of methoxy groups -OCH3 is 2. The number of rotatable bonds is 4. The molecule has 0 aliphatic heterocycles. The highest BCUT2D eigenvalue weighted by atomic mass is 16.5. The molecule has 0 amide bonds. The SMILES string of the molecule is CCn1cc(N)c(-c2cc(OC)ccc2OC)n1. The zero-order valence-electron chi connectivity index (χ0n) is 10.8. The van der Waals surface area contributed by atoms with E-state index in [2.05, 4.69) is 5.10 Å². The minimum absolute atomic E-state index is 0.628. The van der Waals surface area contributed by atoms with Crippen molar-refractivity contribution in [3.05, 3.63) is 24.4 Å². The molecule has 0 saturated carbocycles. The lowest BCUT2D eigenvalue weighted by Gasteiger charge is -2.09. The van der Waals surface area contributed by atoms with E-state index < -0.39 is 0 Å². The summed E-state index contributed by atoms with van der Waals surface area (Å²) in [7, 11) is 3.25. The van der Waals surface area contributed by atoms with Crippen molar-refractivity contribution in [3.8, 4) is 22.8 Å². The lowest BCUT2D eigenvalue weighted by Crippen LogP contribution is -1.95. The number of hydrogen-bond donors (Lipinski definition) is 1. The normalized spacial score (nSPS) is 10.4. The van der Waals surface area contributed by atoms with Crippen LogP contribution in [0.4, 0.5) is 5.69 Å². The summed E-state index contributed by atoms with van der Waals surface area (Å²) in [6.45, 7) is 2.79. The van der Waals surface area contributed by atoms with Crippen molar-refractivity contribution < 1.29 is 9.47 Å². The van der Waals surface area contributed by atoms with E-state index in [1.165, 1.54) is 0 Å². The molecule has 0 unspecified atom stereocenters. The smallest absolute Gasteiger partial charge is 0.128 e. The van der Waals surface area contributed by atoms with Crippen molar-refractivity contribution in [3.63, 3.8) is 0 Å². The van der Waals surface area contributed by atoms with Gasteiger partial charge in [-0.1, -0.05) is 0 Å². The topological polar surface area (TPSA) is 62.3 Å². The molecule has 0 aliphatic rings. The van der Waals surface area contributed by atoms with Crippen LogP contribution in [0.15, 0.2) is 24.4 Å². The molecule has 96 valence electrons. The molecule has 0 fully saturated rings. The quantitative estimate of drug-likeness (QED) is 0.899. The Morgan fingerprint density at radius 1 is 1.28 bits per heavy atom. The standard InChI is InChI=1S/C13H17N3O2/c1-4-16-8-11(14)13(15-16)10-7-9(17-2)5-6-12(10)18-3/h5-8H,4,14H2,1-3H3. The van der Waals surface area contributed by atoms with E-state index in [4.69, 9.17) is 15.2 Å². The number of anilines is 1. The summed E-state index contributed by atoms with van der Waals surface area (Å²) in [5.41, 5.74) is 8.16. The third kappa shape index (κ3) is 2.11. The average Bonchev–Trinajstić information content (AvgIpc) is 2.79. The van der Waals surface area contributed by atoms with Gasteiger partial charge in [-0.05, 0) is 25.1 Å². The summed E-state index contributed by atoms with van der Waals surface area (Å²) >= 11 is 0. The Kier molecular flexibility index (Phi) is 3.41. The number of nitrogens with two attached hydrogens (primary N) is 1. The van der Waals surface area contributed by atoms with Crippen molar-refractivity contribution in [2.24, 2.45) is 0 Å². The van der Waals surface area contributed by atoms with Crippen LogP contribution in [-0.2, 0) is 6.54 Å². The van der Waals surface area contributed by atoms with Crippen molar-refractivity contribution in [2.45, 2.75) is 13.5 Å². The van der Waals surface area contributed by atoms with Crippen LogP contribution in [-0.4, -0.2) is 24.0 Å². The van der Waals surface area contributed by atoms with Gasteiger partial charge in [0.15, 0.2) is 0 Å². The van der Waals surface area contributed by atoms with Gasteiger partial charge >= 0.3 is 0 Å². The second-order valence-electron chi connectivity index (χ2n) is 3.85. The molecule has 5 heteroatoms. The molecule has 0 radical (unpaired) electrons. The average molecular weight is 247 g/mol. The minimum Gasteiger partial charge on any atom is -0.497 e. The number of hydrogen-bond acceptors (Lipinski definition) is 4. The Labute approximate surface area is 106 Å². The number of aryl methyl sites for hydroxylation is 1. The highest BCUT2D eigenvalue weighted by Gasteiger charge is 2.14. The van der Waals surface area contributed by atoms with Gasteiger partial charge in [0, 0.05) is 18.3 Å². The zero-order chi connectivity index (χ0) is 13.1. The fourth-order valence-electron chi connectivity index (χ4n) is 1.81. The minimum atomic E-state index is 0.628. The Bertz CT molecular complexity index is 549. The first kappa shape index (κ1) is 12.3. The summed E-state index contributed by atoms with van der Waals surface area (Å²) in [5, 5.41) is 4.44. The summed E-state index contributed by atoms with van der Waals surface area (Å²) < 4.78 is 12.3. The lowest BCUT2D eigenvalue weighted by molar-refractivity contribution is 0.404. The molecule has 18 heavy (non-hydrogen) atoms. The molecular weight excluding hydrogens is 230 g/mol. The van der Waals surface area contributed by atoms with E-state index in [9.17, 15) is 0 Å². The first-order valence-electron chi connectivity index (χ1n) is 5.75. The second-order valence-corrected chi connectivity index (χ2v) is 3.85. The molecular formula is C13H17N3O2. The first-order valence-corrected chi connectivity index (χ1v) is 5.75. The van der Waals surface area contributed by atoms with Crippen molar-refractivity contribution in [1.29, 1.82) is 0 Å². The summed E-state index contributed by atoms with van der Waals surface area (Å²) in [6, 6.07) is 5.56. The number of nitrogens with zero attached hydrogens (tertiary/aromatic N) is 2. The van der Waals surface area contributed by atoms with Gasteiger partial charge in [-0.15, -0.1) is 0 Å². The fraction of sp³-hybridized carbons (Fsp3) is 0.308. The molecule has 1 heterocycles. The molecule has 2 N–H and O–H groups in total. The molecule has 5 nitrogen and oxygen atoms in total. The van der Waals surface area contributed by atoms with Gasteiger partial charge < -0.3 is 15.2 Å². The highest BCUT2D eigenvalue weighted by molar-refractivity contribution is 5.77. The van der Waals surface area contributed by atoms with Gasteiger partial charge in [0.1, 0.15) is 17.2 Å². The number of ether oxygens (including phenoxy) is 2. The van der Waals surface area contributed by atoms with Crippen LogP contribution in [0.25, 0.3) is 11.3 Å². The third-order valence-corrected chi connectivity index (χ3v) is 2.78. The van der Waals surface area contributed by atoms with Crippen molar-refractivity contribution in [1.82, 2.24) is 9.78 Å². The Morgan fingerprint density at radius 3 is 2.61 bits per heavy atom. The molecule has 0 bridgehead atoms. The predicted molar refractivity (Wildman–Crippen MR) is 70.9 cm³/mol. The van der Waals surface area contributed by atoms with Gasteiger partial charge in [-0.3, -0.25) is 4.68 Å². The summed E-state index contributed by atoms with van der Waals surface area (Å²) in [5.74, 6) is 1.47. The summed E-state index contributed by atoms with van der Waals surface area (Å²) in [6.07, 6.45) is 1.81. The second kappa shape index (κ2) is 5.00. The predicted octanol–water partition coefficient (Wildman–Crippen LogP) is 2.17. The maximum atomic E-state index is 5.98. The van der Waals surface area contributed by atoms with Crippen LogP contribution >= 0.6 is 0 Å². The molecule has 1 aromatic carbocycles. The van der Waals surface area contributed by atoms with Crippen molar-refractivity contribution >= 4 is 5.69 Å². The molecule has 0 aliphatic carbocycles. The maximum Gasteiger partial charge on any atom is 0.128 e. The van der Waals surface area contributed by atoms with Crippen molar-refractivity contribution in [2.75, 3.05) is 20.0 Å². The van der Waals surface area contributed by atoms with E-state index >= 15 is 0 Å². The molecule has 2 aromatic rings. The van der Waals surface area contributed by atoms with E-state index in [-0.39, 0.29) is 0 Å². The summed E-state index contributed by atoms with van der Waals surface area (Å²) in [4.78, 5) is 0. The Balaban J connectivity index is 2.56. The largest absolute Gasteiger partial charge is 0.497 e. The van der Waals surface area contributed by atoms with E-state index in [0.29, 0.717) is 11.4 Å². The third-order valence-electron chi connectivity index (χ3n) is 2.78. The first-order chi connectivity index (χ1) is 8.69. The monoisotopic (exact) mass is 247 g/mol. The van der Waals surface area contributed by atoms with Gasteiger partial charge in [0.2, 0.25) is 0 Å². The Morgan fingerprint density at radius 2 is 2.06 bits per heavy atom. The van der Waals surface area contributed by atoms with Crippen LogP contribution in [0.5, 0.6) is 11.5 Å². The van der Waals surface area contributed by atoms with Gasteiger partial charge in [0.25, 0.3) is 0 Å². The van der Waals surface area contributed by atoms with E-state index in [1.54, 1.807) is 18.9 Å². The zero-order valence-corrected chi connectivity index (χ0v) is 10.8. The lowest BCUT2D eigenvalue weighted by atomic mass is 10.1. The van der Waals surface area contributed by atoms with Crippen LogP contribution in [0, 0.1) is 0 Å². The van der Waals surface area contributed by atoms with Gasteiger partial charge in [-0.2, -0.15) is 5.10 Å². The van der Waals surface area contributed by atoms with Crippen LogP contribution in [0.3, 0.4) is 0 Å². The number of aromatic nitrogens is 2. The fourth-order valence-corrected chi connectivity index (χ4v) is 1.81.